The van der Waals surface area contributed by atoms with Gasteiger partial charge in [0.25, 0.3) is 10.0 Å². The third-order valence-corrected chi connectivity index (χ3v) is 5.25. The van der Waals surface area contributed by atoms with Gasteiger partial charge in [-0.05, 0) is 11.6 Å². The van der Waals surface area contributed by atoms with Crippen molar-refractivity contribution in [2.75, 3.05) is 0 Å². The number of nitrogens with one attached hydrogen (secondary N) is 1. The predicted octanol–water partition coefficient (Wildman–Crippen LogP) is 1.82. The second-order valence-corrected chi connectivity index (χ2v) is 8.20. The largest absolute Gasteiger partial charge is 0.336 e. The quantitative estimate of drug-likeness (QED) is 0.710. The zero-order valence-electron chi connectivity index (χ0n) is 15.2. The van der Waals surface area contributed by atoms with E-state index < -0.39 is 10.0 Å². The highest BCUT2D eigenvalue weighted by molar-refractivity contribution is 7.89. The van der Waals surface area contributed by atoms with Crippen molar-refractivity contribution in [3.05, 3.63) is 48.3 Å². The van der Waals surface area contributed by atoms with Crippen LogP contribution in [0.1, 0.15) is 31.2 Å². The average Bonchev–Trinajstić information content (AvgIpc) is 3.20. The van der Waals surface area contributed by atoms with Crippen molar-refractivity contribution in [2.24, 2.45) is 14.1 Å². The van der Waals surface area contributed by atoms with Gasteiger partial charge in [-0.25, -0.2) is 18.1 Å². The van der Waals surface area contributed by atoms with Crippen molar-refractivity contribution in [2.45, 2.75) is 31.3 Å². The molecule has 9 heteroatoms. The minimum atomic E-state index is -3.68. The first kappa shape index (κ1) is 18.3. The Morgan fingerprint density at radius 2 is 1.92 bits per heavy atom. The minimum absolute atomic E-state index is 0.0311. The van der Waals surface area contributed by atoms with Gasteiger partial charge < -0.3 is 4.57 Å². The number of pyridine rings is 1. The van der Waals surface area contributed by atoms with E-state index in [1.54, 1.807) is 28.7 Å². The van der Waals surface area contributed by atoms with Crippen molar-refractivity contribution >= 4 is 10.0 Å². The SMILES string of the molecule is CC(C)c1nc(S(=O)(=O)NCc2ccc(-c3cnn(C)c3)nc2)cn1C. The highest BCUT2D eigenvalue weighted by Gasteiger charge is 2.20. The van der Waals surface area contributed by atoms with Crippen LogP contribution in [0.2, 0.25) is 0 Å². The van der Waals surface area contributed by atoms with Crippen molar-refractivity contribution < 1.29 is 8.42 Å². The molecule has 0 bridgehead atoms. The molecule has 0 aliphatic heterocycles. The van der Waals surface area contributed by atoms with Gasteiger partial charge in [-0.1, -0.05) is 19.9 Å². The van der Waals surface area contributed by atoms with Crippen LogP contribution in [0.15, 0.2) is 41.9 Å². The molecule has 0 aliphatic rings. The zero-order valence-corrected chi connectivity index (χ0v) is 16.0. The Kier molecular flexibility index (Phi) is 4.92. The number of sulfonamides is 1. The molecule has 3 aromatic rings. The highest BCUT2D eigenvalue weighted by atomic mass is 32.2. The Morgan fingerprint density at radius 1 is 1.15 bits per heavy atom. The van der Waals surface area contributed by atoms with Crippen molar-refractivity contribution in [1.82, 2.24) is 29.0 Å². The summed E-state index contributed by atoms with van der Waals surface area (Å²) in [6.45, 7) is 4.10. The number of hydrogen-bond acceptors (Lipinski definition) is 5. The van der Waals surface area contributed by atoms with Crippen LogP contribution in [0.5, 0.6) is 0 Å². The minimum Gasteiger partial charge on any atom is -0.336 e. The van der Waals surface area contributed by atoms with Crippen molar-refractivity contribution in [3.63, 3.8) is 0 Å². The molecule has 0 unspecified atom stereocenters. The lowest BCUT2D eigenvalue weighted by atomic mass is 10.2. The normalized spacial score (nSPS) is 12.0. The van der Waals surface area contributed by atoms with Gasteiger partial charge >= 0.3 is 0 Å². The molecule has 8 nitrogen and oxygen atoms in total. The Balaban J connectivity index is 1.70. The Hall–Kier alpha value is -2.52. The maximum absolute atomic E-state index is 12.5. The molecule has 0 atom stereocenters. The first-order valence-electron chi connectivity index (χ1n) is 8.23. The third-order valence-electron chi connectivity index (χ3n) is 3.97. The standard InChI is InChI=1S/C17H22N6O2S/c1-12(2)17-21-16(11-22(17)3)26(24,25)20-8-13-5-6-15(18-7-13)14-9-19-23(4)10-14/h5-7,9-12,20H,8H2,1-4H3. The molecule has 0 radical (unpaired) electrons. The number of aromatic nitrogens is 5. The molecule has 0 amide bonds. The molecule has 3 rings (SSSR count). The number of hydrogen-bond donors (Lipinski definition) is 1. The smallest absolute Gasteiger partial charge is 0.259 e. The van der Waals surface area contributed by atoms with Gasteiger partial charge in [-0.3, -0.25) is 9.67 Å². The summed E-state index contributed by atoms with van der Waals surface area (Å²) in [6, 6.07) is 3.69. The summed E-state index contributed by atoms with van der Waals surface area (Å²) in [5, 5.41) is 4.15. The molecule has 138 valence electrons. The van der Waals surface area contributed by atoms with Crippen LogP contribution in [0.4, 0.5) is 0 Å². The monoisotopic (exact) mass is 374 g/mol. The fourth-order valence-corrected chi connectivity index (χ4v) is 3.64. The van der Waals surface area contributed by atoms with E-state index >= 15 is 0 Å². The summed E-state index contributed by atoms with van der Waals surface area (Å²) in [7, 11) is -0.0394. The molecule has 3 heterocycles. The van der Waals surface area contributed by atoms with Gasteiger partial charge in [-0.15, -0.1) is 0 Å². The van der Waals surface area contributed by atoms with Crippen LogP contribution in [0.3, 0.4) is 0 Å². The molecular formula is C17H22N6O2S. The summed E-state index contributed by atoms with van der Waals surface area (Å²) in [5.41, 5.74) is 2.46. The average molecular weight is 374 g/mol. The lowest BCUT2D eigenvalue weighted by molar-refractivity contribution is 0.577. The predicted molar refractivity (Wildman–Crippen MR) is 97.8 cm³/mol. The van der Waals surface area contributed by atoms with Gasteiger partial charge in [0, 0.05) is 50.7 Å². The van der Waals surface area contributed by atoms with Crippen LogP contribution in [-0.2, 0) is 30.7 Å². The number of nitrogens with zero attached hydrogens (tertiary/aromatic N) is 5. The van der Waals surface area contributed by atoms with E-state index in [1.165, 1.54) is 6.20 Å². The summed E-state index contributed by atoms with van der Waals surface area (Å²) >= 11 is 0. The fourth-order valence-electron chi connectivity index (χ4n) is 2.62. The Labute approximate surface area is 153 Å². The van der Waals surface area contributed by atoms with Gasteiger partial charge in [0.2, 0.25) is 0 Å². The summed E-state index contributed by atoms with van der Waals surface area (Å²) in [4.78, 5) is 8.61. The van der Waals surface area contributed by atoms with Crippen molar-refractivity contribution in [1.29, 1.82) is 0 Å². The molecule has 0 spiro atoms. The lowest BCUT2D eigenvalue weighted by Crippen LogP contribution is -2.23. The van der Waals surface area contributed by atoms with E-state index in [1.807, 2.05) is 39.2 Å². The number of imidazole rings is 1. The summed E-state index contributed by atoms with van der Waals surface area (Å²) in [5.74, 6) is 0.876. The van der Waals surface area contributed by atoms with Crippen LogP contribution in [0.25, 0.3) is 11.3 Å². The molecule has 26 heavy (non-hydrogen) atoms. The topological polar surface area (TPSA) is 94.7 Å². The first-order chi connectivity index (χ1) is 12.3. The molecule has 0 fully saturated rings. The maximum atomic E-state index is 12.5. The highest BCUT2D eigenvalue weighted by Crippen LogP contribution is 2.17. The molecular weight excluding hydrogens is 352 g/mol. The Bertz CT molecular complexity index is 1000. The maximum Gasteiger partial charge on any atom is 0.259 e. The van der Waals surface area contributed by atoms with E-state index in [2.05, 4.69) is 19.8 Å². The summed E-state index contributed by atoms with van der Waals surface area (Å²) < 4.78 is 31.0. The molecule has 0 saturated heterocycles. The van der Waals surface area contributed by atoms with E-state index in [0.29, 0.717) is 0 Å². The van der Waals surface area contributed by atoms with Crippen LogP contribution in [0, 0.1) is 0 Å². The number of rotatable bonds is 6. The third kappa shape index (κ3) is 3.83. The van der Waals surface area contributed by atoms with Crippen LogP contribution >= 0.6 is 0 Å². The van der Waals surface area contributed by atoms with Crippen LogP contribution < -0.4 is 4.72 Å². The fraction of sp³-hybridized carbons (Fsp3) is 0.353. The summed E-state index contributed by atoms with van der Waals surface area (Å²) in [6.07, 6.45) is 6.79. The zero-order chi connectivity index (χ0) is 18.9. The molecule has 0 aliphatic carbocycles. The molecule has 1 N–H and O–H groups in total. The molecule has 0 aromatic carbocycles. The van der Waals surface area contributed by atoms with Gasteiger partial charge in [0.15, 0.2) is 5.03 Å². The number of aryl methyl sites for hydroxylation is 2. The van der Waals surface area contributed by atoms with Crippen LogP contribution in [-0.4, -0.2) is 32.7 Å². The molecule has 0 saturated carbocycles. The first-order valence-corrected chi connectivity index (χ1v) is 9.71. The van der Waals surface area contributed by atoms with Gasteiger partial charge in [-0.2, -0.15) is 5.10 Å². The second-order valence-electron chi connectivity index (χ2n) is 6.48. The van der Waals surface area contributed by atoms with E-state index in [-0.39, 0.29) is 17.5 Å². The van der Waals surface area contributed by atoms with Gasteiger partial charge in [0.1, 0.15) is 5.82 Å². The van der Waals surface area contributed by atoms with E-state index in [0.717, 1.165) is 22.6 Å². The van der Waals surface area contributed by atoms with Gasteiger partial charge in [0.05, 0.1) is 11.9 Å². The lowest BCUT2D eigenvalue weighted by Gasteiger charge is -2.05. The second kappa shape index (κ2) is 7.00. The molecule has 3 aromatic heterocycles. The van der Waals surface area contributed by atoms with Crippen molar-refractivity contribution in [3.8, 4) is 11.3 Å². The Morgan fingerprint density at radius 3 is 2.46 bits per heavy atom. The van der Waals surface area contributed by atoms with E-state index in [4.69, 9.17) is 0 Å². The van der Waals surface area contributed by atoms with E-state index in [9.17, 15) is 8.42 Å².